The first kappa shape index (κ1) is 24.8. The number of furan rings is 1. The third-order valence-electron chi connectivity index (χ3n) is 5.70. The third kappa shape index (κ3) is 7.91. The van der Waals surface area contributed by atoms with Crippen LogP contribution in [0.4, 0.5) is 4.79 Å². The lowest BCUT2D eigenvalue weighted by atomic mass is 10.2. The Bertz CT molecular complexity index is 878. The van der Waals surface area contributed by atoms with Crippen molar-refractivity contribution in [2.24, 2.45) is 0 Å². The maximum absolute atomic E-state index is 13.4. The molecular weight excluding hydrogens is 420 g/mol. The normalized spacial score (nSPS) is 14.2. The van der Waals surface area contributed by atoms with E-state index >= 15 is 0 Å². The van der Waals surface area contributed by atoms with Crippen LogP contribution in [0.3, 0.4) is 0 Å². The van der Waals surface area contributed by atoms with E-state index in [1.54, 1.807) is 23.9 Å². The van der Waals surface area contributed by atoms with Crippen LogP contribution >= 0.6 is 0 Å². The van der Waals surface area contributed by atoms with E-state index in [1.165, 1.54) is 4.90 Å². The zero-order valence-corrected chi connectivity index (χ0v) is 20.0. The van der Waals surface area contributed by atoms with Crippen molar-refractivity contribution in [1.29, 1.82) is 0 Å². The summed E-state index contributed by atoms with van der Waals surface area (Å²) < 4.78 is 11.1. The number of carbonyl (C=O) groups is 2. The van der Waals surface area contributed by atoms with E-state index in [9.17, 15) is 9.59 Å². The Balaban J connectivity index is 1.66. The van der Waals surface area contributed by atoms with Crippen molar-refractivity contribution in [3.05, 3.63) is 59.5 Å². The second kappa shape index (κ2) is 12.4. The molecule has 0 bridgehead atoms. The molecule has 0 atom stereocenters. The van der Waals surface area contributed by atoms with Crippen molar-refractivity contribution in [3.63, 3.8) is 0 Å². The van der Waals surface area contributed by atoms with E-state index in [1.807, 2.05) is 49.4 Å². The van der Waals surface area contributed by atoms with Crippen LogP contribution in [0.1, 0.15) is 23.5 Å². The van der Waals surface area contributed by atoms with Crippen LogP contribution in [-0.2, 0) is 22.6 Å². The van der Waals surface area contributed by atoms with E-state index < -0.39 is 0 Å². The first-order chi connectivity index (χ1) is 15.9. The molecule has 8 nitrogen and oxygen atoms in total. The van der Waals surface area contributed by atoms with E-state index in [0.29, 0.717) is 19.6 Å². The van der Waals surface area contributed by atoms with Gasteiger partial charge in [-0.05, 0) is 31.0 Å². The molecule has 1 aromatic carbocycles. The molecule has 3 amide bonds. The minimum Gasteiger partial charge on any atom is -0.464 e. The average Bonchev–Trinajstić information content (AvgIpc) is 3.23. The first-order valence-corrected chi connectivity index (χ1v) is 11.6. The Morgan fingerprint density at radius 1 is 0.970 bits per heavy atom. The fourth-order valence-corrected chi connectivity index (χ4v) is 3.89. The predicted molar refractivity (Wildman–Crippen MR) is 127 cm³/mol. The number of morpholine rings is 1. The molecular formula is C25H36N4O4. The number of amides is 3. The van der Waals surface area contributed by atoms with Crippen LogP contribution in [0.25, 0.3) is 0 Å². The van der Waals surface area contributed by atoms with Gasteiger partial charge in [-0.3, -0.25) is 9.69 Å². The predicted octanol–water partition coefficient (Wildman–Crippen LogP) is 2.82. The van der Waals surface area contributed by atoms with Gasteiger partial charge in [-0.15, -0.1) is 0 Å². The molecule has 0 saturated carbocycles. The molecule has 1 saturated heterocycles. The molecule has 0 unspecified atom stereocenters. The zero-order valence-electron chi connectivity index (χ0n) is 20.0. The largest absolute Gasteiger partial charge is 0.464 e. The highest BCUT2D eigenvalue weighted by atomic mass is 16.5. The lowest BCUT2D eigenvalue weighted by Gasteiger charge is -2.31. The number of hydrogen-bond acceptors (Lipinski definition) is 5. The number of aryl methyl sites for hydroxylation is 1. The standard InChI is InChI=1S/C25H36N4O4/c1-21-10-11-23(33-21)19-29(18-22-8-5-4-6-9-22)24(30)20-28(25(31)26(2)3)13-7-12-27-14-16-32-17-15-27/h4-6,8-11H,7,12-20H2,1-3H3. The van der Waals surface area contributed by atoms with Crippen LogP contribution in [0, 0.1) is 6.92 Å². The molecule has 1 fully saturated rings. The molecule has 0 radical (unpaired) electrons. The summed E-state index contributed by atoms with van der Waals surface area (Å²) >= 11 is 0. The van der Waals surface area contributed by atoms with Crippen LogP contribution in [0.2, 0.25) is 0 Å². The Morgan fingerprint density at radius 2 is 1.70 bits per heavy atom. The van der Waals surface area contributed by atoms with Gasteiger partial charge in [-0.1, -0.05) is 30.3 Å². The highest BCUT2D eigenvalue weighted by Crippen LogP contribution is 2.14. The second-order valence-electron chi connectivity index (χ2n) is 8.65. The van der Waals surface area contributed by atoms with Crippen molar-refractivity contribution in [2.45, 2.75) is 26.4 Å². The fourth-order valence-electron chi connectivity index (χ4n) is 3.89. The quantitative estimate of drug-likeness (QED) is 0.550. The van der Waals surface area contributed by atoms with Gasteiger partial charge < -0.3 is 23.9 Å². The molecule has 0 spiro atoms. The SMILES string of the molecule is Cc1ccc(CN(Cc2ccccc2)C(=O)CN(CCCN2CCOCC2)C(=O)N(C)C)o1. The summed E-state index contributed by atoms with van der Waals surface area (Å²) in [5, 5.41) is 0. The van der Waals surface area contributed by atoms with Crippen molar-refractivity contribution in [3.8, 4) is 0 Å². The molecule has 1 aromatic heterocycles. The van der Waals surface area contributed by atoms with Crippen molar-refractivity contribution in [2.75, 3.05) is 60.0 Å². The minimum absolute atomic E-state index is 0.0344. The maximum atomic E-state index is 13.4. The van der Waals surface area contributed by atoms with E-state index in [2.05, 4.69) is 4.90 Å². The molecule has 0 N–H and O–H groups in total. The van der Waals surface area contributed by atoms with Gasteiger partial charge in [-0.2, -0.15) is 0 Å². The number of rotatable bonds is 10. The van der Waals surface area contributed by atoms with E-state index in [0.717, 1.165) is 56.4 Å². The summed E-state index contributed by atoms with van der Waals surface area (Å²) in [7, 11) is 3.43. The number of ether oxygens (including phenoxy) is 1. The molecule has 2 heterocycles. The Labute approximate surface area is 196 Å². The van der Waals surface area contributed by atoms with Crippen LogP contribution in [0.5, 0.6) is 0 Å². The number of carbonyl (C=O) groups excluding carboxylic acids is 2. The molecule has 33 heavy (non-hydrogen) atoms. The second-order valence-corrected chi connectivity index (χ2v) is 8.65. The molecule has 1 aliphatic heterocycles. The maximum Gasteiger partial charge on any atom is 0.319 e. The van der Waals surface area contributed by atoms with Crippen LogP contribution in [-0.4, -0.2) is 91.6 Å². The van der Waals surface area contributed by atoms with Crippen molar-refractivity contribution in [1.82, 2.24) is 19.6 Å². The average molecular weight is 457 g/mol. The van der Waals surface area contributed by atoms with Gasteiger partial charge in [0.25, 0.3) is 0 Å². The summed E-state index contributed by atoms with van der Waals surface area (Å²) in [4.78, 5) is 33.5. The van der Waals surface area contributed by atoms with Gasteiger partial charge in [-0.25, -0.2) is 4.79 Å². The lowest BCUT2D eigenvalue weighted by Crippen LogP contribution is -2.47. The minimum atomic E-state index is -0.154. The van der Waals surface area contributed by atoms with Crippen LogP contribution < -0.4 is 0 Å². The summed E-state index contributed by atoms with van der Waals surface area (Å²) in [6, 6.07) is 13.5. The third-order valence-corrected chi connectivity index (χ3v) is 5.70. The summed E-state index contributed by atoms with van der Waals surface area (Å²) in [6.07, 6.45) is 0.808. The molecule has 3 rings (SSSR count). The van der Waals surface area contributed by atoms with Gasteiger partial charge in [0, 0.05) is 46.8 Å². The van der Waals surface area contributed by atoms with Gasteiger partial charge >= 0.3 is 6.03 Å². The first-order valence-electron chi connectivity index (χ1n) is 11.6. The van der Waals surface area contributed by atoms with Gasteiger partial charge in [0.2, 0.25) is 5.91 Å². The molecule has 1 aliphatic rings. The highest BCUT2D eigenvalue weighted by molar-refractivity contribution is 5.84. The Hall–Kier alpha value is -2.84. The smallest absolute Gasteiger partial charge is 0.319 e. The summed E-state index contributed by atoms with van der Waals surface area (Å²) in [6.45, 7) is 7.47. The molecule has 180 valence electrons. The number of hydrogen-bond donors (Lipinski definition) is 0. The Morgan fingerprint density at radius 3 is 2.33 bits per heavy atom. The molecule has 8 heteroatoms. The summed E-state index contributed by atoms with van der Waals surface area (Å²) in [5.74, 6) is 1.44. The van der Waals surface area contributed by atoms with E-state index in [4.69, 9.17) is 9.15 Å². The van der Waals surface area contributed by atoms with Crippen LogP contribution in [0.15, 0.2) is 46.9 Å². The Kier molecular flexibility index (Phi) is 9.33. The summed E-state index contributed by atoms with van der Waals surface area (Å²) in [5.41, 5.74) is 1.03. The number of benzene rings is 1. The topological polar surface area (TPSA) is 69.5 Å². The molecule has 0 aliphatic carbocycles. The monoisotopic (exact) mass is 456 g/mol. The lowest BCUT2D eigenvalue weighted by molar-refractivity contribution is -0.133. The fraction of sp³-hybridized carbons (Fsp3) is 0.520. The highest BCUT2D eigenvalue weighted by Gasteiger charge is 2.24. The number of urea groups is 1. The van der Waals surface area contributed by atoms with Gasteiger partial charge in [0.1, 0.15) is 18.1 Å². The zero-order chi connectivity index (χ0) is 23.6. The van der Waals surface area contributed by atoms with Gasteiger partial charge in [0.15, 0.2) is 0 Å². The van der Waals surface area contributed by atoms with E-state index in [-0.39, 0.29) is 18.5 Å². The number of nitrogens with zero attached hydrogens (tertiary/aromatic N) is 4. The van der Waals surface area contributed by atoms with Crippen molar-refractivity contribution < 1.29 is 18.7 Å². The molecule has 2 aromatic rings. The van der Waals surface area contributed by atoms with Gasteiger partial charge in [0.05, 0.1) is 19.8 Å². The van der Waals surface area contributed by atoms with Crippen molar-refractivity contribution >= 4 is 11.9 Å².